The summed E-state index contributed by atoms with van der Waals surface area (Å²) in [6.45, 7) is 2.83. The van der Waals surface area contributed by atoms with Gasteiger partial charge in [0.2, 0.25) is 0 Å². The van der Waals surface area contributed by atoms with Crippen molar-refractivity contribution in [1.82, 2.24) is 9.36 Å². The molecule has 1 aromatic heterocycles. The van der Waals surface area contributed by atoms with Crippen molar-refractivity contribution in [3.8, 4) is 11.4 Å². The quantitative estimate of drug-likeness (QED) is 0.351. The van der Waals surface area contributed by atoms with Crippen molar-refractivity contribution in [3.63, 3.8) is 0 Å². The van der Waals surface area contributed by atoms with Gasteiger partial charge in [0, 0.05) is 13.5 Å². The summed E-state index contributed by atoms with van der Waals surface area (Å²) >= 11 is 0. The number of carbonyl (C=O) groups is 2. The number of hydrogen-bond acceptors (Lipinski definition) is 5. The monoisotopic (exact) mass is 499 g/mol. The van der Waals surface area contributed by atoms with Gasteiger partial charge in [0.25, 0.3) is 11.5 Å². The molecule has 1 N–H and O–H groups in total. The lowest BCUT2D eigenvalue weighted by Gasteiger charge is -2.15. The van der Waals surface area contributed by atoms with E-state index in [4.69, 9.17) is 9.47 Å². The zero-order chi connectivity index (χ0) is 26.4. The van der Waals surface area contributed by atoms with Gasteiger partial charge in [-0.3, -0.25) is 14.3 Å². The molecular formula is C29H29N3O5. The van der Waals surface area contributed by atoms with Crippen LogP contribution < -0.4 is 15.6 Å². The molecule has 4 aromatic rings. The first-order chi connectivity index (χ1) is 17.8. The highest BCUT2D eigenvalue weighted by Crippen LogP contribution is 2.21. The summed E-state index contributed by atoms with van der Waals surface area (Å²) < 4.78 is 14.1. The molecule has 3 aromatic carbocycles. The molecule has 0 bridgehead atoms. The van der Waals surface area contributed by atoms with E-state index in [1.54, 1.807) is 36.9 Å². The van der Waals surface area contributed by atoms with E-state index in [9.17, 15) is 14.4 Å². The Morgan fingerprint density at radius 2 is 1.54 bits per heavy atom. The van der Waals surface area contributed by atoms with E-state index in [1.165, 1.54) is 11.6 Å². The van der Waals surface area contributed by atoms with Crippen LogP contribution in [0.5, 0.6) is 5.75 Å². The van der Waals surface area contributed by atoms with E-state index in [1.807, 2.05) is 66.7 Å². The smallest absolute Gasteiger partial charge is 0.344 e. The van der Waals surface area contributed by atoms with Crippen LogP contribution in [0.1, 0.15) is 23.7 Å². The number of carbonyl (C=O) groups excluding carboxylic acids is 2. The second kappa shape index (κ2) is 11.4. The van der Waals surface area contributed by atoms with Crippen molar-refractivity contribution in [1.29, 1.82) is 0 Å². The largest absolute Gasteiger partial charge is 0.482 e. The van der Waals surface area contributed by atoms with Crippen LogP contribution in [0.25, 0.3) is 5.69 Å². The van der Waals surface area contributed by atoms with Crippen LogP contribution in [0.2, 0.25) is 0 Å². The van der Waals surface area contributed by atoms with Crippen LogP contribution in [0.4, 0.5) is 5.69 Å². The van der Waals surface area contributed by atoms with Crippen LogP contribution in [-0.2, 0) is 27.8 Å². The van der Waals surface area contributed by atoms with E-state index < -0.39 is 18.0 Å². The van der Waals surface area contributed by atoms with Gasteiger partial charge in [0.15, 0.2) is 12.7 Å². The van der Waals surface area contributed by atoms with E-state index >= 15 is 0 Å². The van der Waals surface area contributed by atoms with Crippen molar-refractivity contribution < 1.29 is 19.1 Å². The van der Waals surface area contributed by atoms with E-state index in [0.29, 0.717) is 23.6 Å². The van der Waals surface area contributed by atoms with Gasteiger partial charge in [-0.1, -0.05) is 66.7 Å². The van der Waals surface area contributed by atoms with E-state index in [2.05, 4.69) is 5.32 Å². The molecule has 0 saturated heterocycles. The summed E-state index contributed by atoms with van der Waals surface area (Å²) in [5.74, 6) is -0.728. The Bertz CT molecular complexity index is 1440. The van der Waals surface area contributed by atoms with Crippen molar-refractivity contribution in [3.05, 3.63) is 112 Å². The summed E-state index contributed by atoms with van der Waals surface area (Å²) in [6.07, 6.45) is -0.471. The van der Waals surface area contributed by atoms with Gasteiger partial charge in [0.05, 0.1) is 11.4 Å². The van der Waals surface area contributed by atoms with Crippen molar-refractivity contribution in [2.45, 2.75) is 26.4 Å². The second-order valence-corrected chi connectivity index (χ2v) is 8.62. The highest BCUT2D eigenvalue weighted by Gasteiger charge is 2.23. The molecular weight excluding hydrogens is 470 g/mol. The Balaban J connectivity index is 1.37. The lowest BCUT2D eigenvalue weighted by atomic mass is 10.0. The first-order valence-electron chi connectivity index (χ1n) is 11.9. The zero-order valence-corrected chi connectivity index (χ0v) is 21.0. The molecule has 37 heavy (non-hydrogen) atoms. The number of rotatable bonds is 9. The number of nitrogens with one attached hydrogen (secondary N) is 1. The Kier molecular flexibility index (Phi) is 7.88. The normalized spacial score (nSPS) is 11.5. The molecule has 0 aliphatic rings. The van der Waals surface area contributed by atoms with Crippen LogP contribution >= 0.6 is 0 Å². The predicted octanol–water partition coefficient (Wildman–Crippen LogP) is 4.02. The standard InChI is InChI=1S/C29H29N3O5/c1-20-27(29(35)32(31(20)3)24-15-8-5-9-16-24)30-28(34)21(2)37-26(33)19-36-25-17-11-10-14-23(25)18-22-12-6-4-7-13-22/h4-17,21H,18-19H2,1-3H3,(H,30,34). The molecule has 1 atom stereocenters. The highest BCUT2D eigenvalue weighted by atomic mass is 16.6. The molecule has 8 heteroatoms. The number of ether oxygens (including phenoxy) is 2. The summed E-state index contributed by atoms with van der Waals surface area (Å²) in [6, 6.07) is 26.5. The molecule has 0 saturated carbocycles. The number of esters is 1. The summed E-state index contributed by atoms with van der Waals surface area (Å²) in [5, 5.41) is 2.61. The first-order valence-corrected chi connectivity index (χ1v) is 11.9. The Hall–Kier alpha value is -4.59. The summed E-state index contributed by atoms with van der Waals surface area (Å²) in [5.41, 5.74) is 3.04. The van der Waals surface area contributed by atoms with Crippen molar-refractivity contribution in [2.24, 2.45) is 7.05 Å². The maximum absolute atomic E-state index is 13.0. The minimum Gasteiger partial charge on any atom is -0.482 e. The number of benzene rings is 3. The summed E-state index contributed by atoms with van der Waals surface area (Å²) in [7, 11) is 1.73. The fraction of sp³-hybridized carbons (Fsp3) is 0.207. The van der Waals surface area contributed by atoms with Gasteiger partial charge in [-0.25, -0.2) is 9.48 Å². The third kappa shape index (κ3) is 5.98. The fourth-order valence-electron chi connectivity index (χ4n) is 3.96. The lowest BCUT2D eigenvalue weighted by molar-refractivity contribution is -0.155. The molecule has 0 fully saturated rings. The Labute approximate surface area is 215 Å². The molecule has 0 aliphatic carbocycles. The van der Waals surface area contributed by atoms with Crippen molar-refractivity contribution in [2.75, 3.05) is 11.9 Å². The third-order valence-corrected chi connectivity index (χ3v) is 6.04. The molecule has 1 heterocycles. The van der Waals surface area contributed by atoms with Crippen molar-refractivity contribution >= 4 is 17.6 Å². The van der Waals surface area contributed by atoms with Gasteiger partial charge in [-0.05, 0) is 43.2 Å². The van der Waals surface area contributed by atoms with Gasteiger partial charge in [-0.2, -0.15) is 0 Å². The number of amides is 1. The second-order valence-electron chi connectivity index (χ2n) is 8.62. The molecule has 1 amide bonds. The SMILES string of the molecule is Cc1c(NC(=O)C(C)OC(=O)COc2ccccc2Cc2ccccc2)c(=O)n(-c2ccccc2)n1C. The zero-order valence-electron chi connectivity index (χ0n) is 21.0. The van der Waals surface area contributed by atoms with Crippen LogP contribution in [0.15, 0.2) is 89.7 Å². The van der Waals surface area contributed by atoms with Gasteiger partial charge in [0.1, 0.15) is 11.4 Å². The minimum absolute atomic E-state index is 0.130. The number of hydrogen-bond donors (Lipinski definition) is 1. The first kappa shape index (κ1) is 25.5. The molecule has 190 valence electrons. The number of para-hydroxylation sites is 2. The minimum atomic E-state index is -1.13. The summed E-state index contributed by atoms with van der Waals surface area (Å²) in [4.78, 5) is 38.2. The topological polar surface area (TPSA) is 91.6 Å². The van der Waals surface area contributed by atoms with Crippen LogP contribution in [0, 0.1) is 6.92 Å². The Morgan fingerprint density at radius 3 is 2.24 bits per heavy atom. The molecule has 1 unspecified atom stereocenters. The molecule has 8 nitrogen and oxygen atoms in total. The van der Waals surface area contributed by atoms with E-state index in [-0.39, 0.29) is 17.9 Å². The maximum atomic E-state index is 13.0. The average Bonchev–Trinajstić information content (AvgIpc) is 3.12. The van der Waals surface area contributed by atoms with Gasteiger partial charge in [-0.15, -0.1) is 0 Å². The highest BCUT2D eigenvalue weighted by molar-refractivity contribution is 5.95. The number of anilines is 1. The molecule has 4 rings (SSSR count). The van der Waals surface area contributed by atoms with Gasteiger partial charge >= 0.3 is 5.97 Å². The maximum Gasteiger partial charge on any atom is 0.344 e. The predicted molar refractivity (Wildman–Crippen MR) is 141 cm³/mol. The number of nitrogens with zero attached hydrogens (tertiary/aromatic N) is 2. The number of aromatic nitrogens is 2. The van der Waals surface area contributed by atoms with Gasteiger partial charge < -0.3 is 14.8 Å². The molecule has 0 aliphatic heterocycles. The van der Waals surface area contributed by atoms with Crippen LogP contribution in [-0.4, -0.2) is 34.0 Å². The lowest BCUT2D eigenvalue weighted by Crippen LogP contribution is -2.33. The Morgan fingerprint density at radius 1 is 0.919 bits per heavy atom. The molecule has 0 spiro atoms. The van der Waals surface area contributed by atoms with E-state index in [0.717, 1.165) is 11.1 Å². The average molecular weight is 500 g/mol. The van der Waals surface area contributed by atoms with Crippen LogP contribution in [0.3, 0.4) is 0 Å². The third-order valence-electron chi connectivity index (χ3n) is 6.04. The molecule has 0 radical (unpaired) electrons. The fourth-order valence-corrected chi connectivity index (χ4v) is 3.96.